The van der Waals surface area contributed by atoms with Crippen molar-refractivity contribution in [3.63, 3.8) is 0 Å². The minimum absolute atomic E-state index is 0.148. The van der Waals surface area contributed by atoms with E-state index in [-0.39, 0.29) is 6.10 Å². The molecule has 1 aromatic carbocycles. The number of hydrogen-bond acceptors (Lipinski definition) is 3. The van der Waals surface area contributed by atoms with Crippen LogP contribution in [0.25, 0.3) is 0 Å². The molecule has 88 valence electrons. The molecule has 1 saturated heterocycles. The summed E-state index contributed by atoms with van der Waals surface area (Å²) in [6, 6.07) is 6.03. The first-order valence-corrected chi connectivity index (χ1v) is 5.87. The Kier molecular flexibility index (Phi) is 3.06. The van der Waals surface area contributed by atoms with E-state index in [1.54, 1.807) is 0 Å². The van der Waals surface area contributed by atoms with Crippen LogP contribution in [0.4, 0.5) is 11.4 Å². The van der Waals surface area contributed by atoms with E-state index in [4.69, 9.17) is 5.73 Å². The fourth-order valence-corrected chi connectivity index (χ4v) is 2.39. The standard InChI is InChI=1S/C13H20N2O/c1-9-7-11(14)3-4-12(9)15-6-5-13(16)10(2)8-15/h3-4,7,10,13,16H,5-6,8,14H2,1-2H3. The van der Waals surface area contributed by atoms with Crippen LogP contribution >= 0.6 is 0 Å². The van der Waals surface area contributed by atoms with Crippen LogP contribution in [0.15, 0.2) is 18.2 Å². The van der Waals surface area contributed by atoms with Gasteiger partial charge in [-0.2, -0.15) is 0 Å². The van der Waals surface area contributed by atoms with Crippen molar-refractivity contribution in [2.75, 3.05) is 23.7 Å². The van der Waals surface area contributed by atoms with Gasteiger partial charge in [0.05, 0.1) is 6.10 Å². The number of hydrogen-bond donors (Lipinski definition) is 2. The maximum Gasteiger partial charge on any atom is 0.0599 e. The molecule has 0 spiro atoms. The first kappa shape index (κ1) is 11.3. The molecule has 1 fully saturated rings. The lowest BCUT2D eigenvalue weighted by atomic mass is 9.96. The van der Waals surface area contributed by atoms with Gasteiger partial charge in [0.15, 0.2) is 0 Å². The summed E-state index contributed by atoms with van der Waals surface area (Å²) >= 11 is 0. The number of nitrogens with two attached hydrogens (primary N) is 1. The van der Waals surface area contributed by atoms with Gasteiger partial charge in [0.2, 0.25) is 0 Å². The third-order valence-electron chi connectivity index (χ3n) is 3.42. The van der Waals surface area contributed by atoms with Crippen LogP contribution in [-0.4, -0.2) is 24.3 Å². The minimum Gasteiger partial charge on any atom is -0.399 e. The predicted molar refractivity (Wildman–Crippen MR) is 67.6 cm³/mol. The fourth-order valence-electron chi connectivity index (χ4n) is 2.39. The molecule has 0 aromatic heterocycles. The molecule has 0 radical (unpaired) electrons. The van der Waals surface area contributed by atoms with E-state index in [1.165, 1.54) is 11.3 Å². The Hall–Kier alpha value is -1.22. The SMILES string of the molecule is Cc1cc(N)ccc1N1CCC(O)C(C)C1. The van der Waals surface area contributed by atoms with E-state index in [9.17, 15) is 5.11 Å². The normalized spacial score (nSPS) is 25.8. The number of rotatable bonds is 1. The van der Waals surface area contributed by atoms with Crippen LogP contribution in [0, 0.1) is 12.8 Å². The summed E-state index contributed by atoms with van der Waals surface area (Å²) in [5, 5.41) is 9.71. The summed E-state index contributed by atoms with van der Waals surface area (Å²) < 4.78 is 0. The summed E-state index contributed by atoms with van der Waals surface area (Å²) in [4.78, 5) is 2.34. The Morgan fingerprint density at radius 2 is 2.19 bits per heavy atom. The van der Waals surface area contributed by atoms with Crippen molar-refractivity contribution >= 4 is 11.4 Å². The van der Waals surface area contributed by atoms with Gasteiger partial charge in [-0.1, -0.05) is 6.92 Å². The zero-order valence-electron chi connectivity index (χ0n) is 9.98. The monoisotopic (exact) mass is 220 g/mol. The fraction of sp³-hybridized carbons (Fsp3) is 0.538. The second kappa shape index (κ2) is 4.34. The first-order chi connectivity index (χ1) is 7.58. The molecule has 2 atom stereocenters. The van der Waals surface area contributed by atoms with Crippen molar-refractivity contribution < 1.29 is 5.11 Å². The molecule has 3 heteroatoms. The molecule has 0 bridgehead atoms. The van der Waals surface area contributed by atoms with Gasteiger partial charge in [-0.25, -0.2) is 0 Å². The number of nitrogen functional groups attached to an aromatic ring is 1. The average Bonchev–Trinajstić information content (AvgIpc) is 2.22. The van der Waals surface area contributed by atoms with E-state index in [1.807, 2.05) is 12.1 Å². The highest BCUT2D eigenvalue weighted by molar-refractivity contribution is 5.59. The molecular formula is C13H20N2O. The Bertz CT molecular complexity index is 378. The highest BCUT2D eigenvalue weighted by Crippen LogP contribution is 2.27. The number of aliphatic hydroxyl groups excluding tert-OH is 1. The molecule has 0 aliphatic carbocycles. The highest BCUT2D eigenvalue weighted by Gasteiger charge is 2.24. The molecule has 3 nitrogen and oxygen atoms in total. The molecule has 1 aliphatic rings. The average molecular weight is 220 g/mol. The molecule has 16 heavy (non-hydrogen) atoms. The van der Waals surface area contributed by atoms with E-state index in [2.05, 4.69) is 24.8 Å². The zero-order valence-corrected chi connectivity index (χ0v) is 9.98. The van der Waals surface area contributed by atoms with Gasteiger partial charge in [-0.05, 0) is 43.0 Å². The van der Waals surface area contributed by atoms with Crippen LogP contribution in [0.3, 0.4) is 0 Å². The minimum atomic E-state index is -0.148. The molecule has 1 heterocycles. The molecular weight excluding hydrogens is 200 g/mol. The van der Waals surface area contributed by atoms with Crippen LogP contribution in [-0.2, 0) is 0 Å². The summed E-state index contributed by atoms with van der Waals surface area (Å²) in [5.74, 6) is 0.339. The topological polar surface area (TPSA) is 49.5 Å². The van der Waals surface area contributed by atoms with Crippen LogP contribution < -0.4 is 10.6 Å². The smallest absolute Gasteiger partial charge is 0.0599 e. The van der Waals surface area contributed by atoms with Crippen LogP contribution in [0.2, 0.25) is 0 Å². The van der Waals surface area contributed by atoms with Crippen molar-refractivity contribution in [3.8, 4) is 0 Å². The first-order valence-electron chi connectivity index (χ1n) is 5.87. The molecule has 3 N–H and O–H groups in total. The zero-order chi connectivity index (χ0) is 11.7. The molecule has 1 aromatic rings. The Labute approximate surface area is 96.9 Å². The Morgan fingerprint density at radius 1 is 1.44 bits per heavy atom. The maximum atomic E-state index is 9.71. The third-order valence-corrected chi connectivity index (χ3v) is 3.42. The lowest BCUT2D eigenvalue weighted by Crippen LogP contribution is -2.42. The summed E-state index contributed by atoms with van der Waals surface area (Å²) in [6.07, 6.45) is 0.704. The summed E-state index contributed by atoms with van der Waals surface area (Å²) in [6.45, 7) is 6.03. The number of benzene rings is 1. The van der Waals surface area contributed by atoms with Gasteiger partial charge in [0, 0.05) is 24.5 Å². The van der Waals surface area contributed by atoms with E-state index in [0.717, 1.165) is 25.2 Å². The quantitative estimate of drug-likeness (QED) is 0.709. The molecule has 0 amide bonds. The molecule has 2 unspecified atom stereocenters. The van der Waals surface area contributed by atoms with Crippen molar-refractivity contribution in [1.29, 1.82) is 0 Å². The second-order valence-electron chi connectivity index (χ2n) is 4.83. The Morgan fingerprint density at radius 3 is 2.81 bits per heavy atom. The Balaban J connectivity index is 2.18. The van der Waals surface area contributed by atoms with E-state index in [0.29, 0.717) is 5.92 Å². The third kappa shape index (κ3) is 2.14. The van der Waals surface area contributed by atoms with Crippen LogP contribution in [0.1, 0.15) is 18.9 Å². The van der Waals surface area contributed by atoms with E-state index >= 15 is 0 Å². The number of nitrogens with zero attached hydrogens (tertiary/aromatic N) is 1. The van der Waals surface area contributed by atoms with Crippen LogP contribution in [0.5, 0.6) is 0 Å². The highest BCUT2D eigenvalue weighted by atomic mass is 16.3. The van der Waals surface area contributed by atoms with Crippen molar-refractivity contribution in [2.24, 2.45) is 5.92 Å². The van der Waals surface area contributed by atoms with Crippen molar-refractivity contribution in [2.45, 2.75) is 26.4 Å². The van der Waals surface area contributed by atoms with Gasteiger partial charge in [-0.3, -0.25) is 0 Å². The number of anilines is 2. The number of aliphatic hydroxyl groups is 1. The molecule has 1 aliphatic heterocycles. The maximum absolute atomic E-state index is 9.71. The lowest BCUT2D eigenvalue weighted by molar-refractivity contribution is 0.0970. The van der Waals surface area contributed by atoms with Gasteiger partial charge in [0.1, 0.15) is 0 Å². The van der Waals surface area contributed by atoms with Crippen molar-refractivity contribution in [1.82, 2.24) is 0 Å². The summed E-state index contributed by atoms with van der Waals surface area (Å²) in [7, 11) is 0. The number of piperidine rings is 1. The van der Waals surface area contributed by atoms with E-state index < -0.39 is 0 Å². The van der Waals surface area contributed by atoms with Gasteiger partial charge in [0.25, 0.3) is 0 Å². The second-order valence-corrected chi connectivity index (χ2v) is 4.83. The lowest BCUT2D eigenvalue weighted by Gasteiger charge is -2.36. The van der Waals surface area contributed by atoms with Gasteiger partial charge in [-0.15, -0.1) is 0 Å². The number of aryl methyl sites for hydroxylation is 1. The van der Waals surface area contributed by atoms with Gasteiger partial charge >= 0.3 is 0 Å². The van der Waals surface area contributed by atoms with Crippen molar-refractivity contribution in [3.05, 3.63) is 23.8 Å². The largest absolute Gasteiger partial charge is 0.399 e. The van der Waals surface area contributed by atoms with Gasteiger partial charge < -0.3 is 15.7 Å². The molecule has 0 saturated carbocycles. The predicted octanol–water partition coefficient (Wildman–Crippen LogP) is 1.78. The summed E-state index contributed by atoms with van der Waals surface area (Å²) in [5.41, 5.74) is 9.01. The molecule has 2 rings (SSSR count).